The Labute approximate surface area is 176 Å². The number of benzene rings is 2. The summed E-state index contributed by atoms with van der Waals surface area (Å²) in [5.74, 6) is 0.605. The second kappa shape index (κ2) is 9.48. The maximum absolute atomic E-state index is 12.6. The molecule has 0 bridgehead atoms. The van der Waals surface area contributed by atoms with E-state index in [1.807, 2.05) is 18.2 Å². The first kappa shape index (κ1) is 21.4. The molecule has 3 rings (SSSR count). The summed E-state index contributed by atoms with van der Waals surface area (Å²) >= 11 is 0. The molecule has 0 radical (unpaired) electrons. The van der Waals surface area contributed by atoms with E-state index < -0.39 is 12.1 Å². The van der Waals surface area contributed by atoms with Gasteiger partial charge in [-0.15, -0.1) is 0 Å². The first-order valence-corrected chi connectivity index (χ1v) is 9.81. The van der Waals surface area contributed by atoms with Crippen LogP contribution >= 0.6 is 0 Å². The van der Waals surface area contributed by atoms with E-state index in [-0.39, 0.29) is 5.78 Å². The third kappa shape index (κ3) is 4.64. The third-order valence-corrected chi connectivity index (χ3v) is 5.14. The number of Topliss-reactive ketones (excluding diaryl/α,β-unsaturated/α-hetero) is 1. The van der Waals surface area contributed by atoms with Crippen LogP contribution in [0, 0.1) is 0 Å². The molecule has 0 fully saturated rings. The number of methoxy groups -OCH3 is 3. The summed E-state index contributed by atoms with van der Waals surface area (Å²) in [4.78, 5) is 24.9. The number of carbonyl (C=O) groups is 2. The minimum Gasteiger partial charge on any atom is -0.493 e. The van der Waals surface area contributed by atoms with Gasteiger partial charge in [-0.05, 0) is 67.2 Å². The largest absolute Gasteiger partial charge is 0.493 e. The Morgan fingerprint density at radius 1 is 0.933 bits per heavy atom. The summed E-state index contributed by atoms with van der Waals surface area (Å²) in [5.41, 5.74) is 3.75. The second-order valence-electron chi connectivity index (χ2n) is 7.07. The second-order valence-corrected chi connectivity index (χ2v) is 7.07. The van der Waals surface area contributed by atoms with Crippen LogP contribution in [0.1, 0.15) is 40.4 Å². The van der Waals surface area contributed by atoms with E-state index in [0.29, 0.717) is 28.4 Å². The van der Waals surface area contributed by atoms with E-state index in [0.717, 1.165) is 19.3 Å². The quantitative estimate of drug-likeness (QED) is 0.372. The van der Waals surface area contributed by atoms with Gasteiger partial charge >= 0.3 is 5.97 Å². The van der Waals surface area contributed by atoms with Crippen molar-refractivity contribution in [1.29, 1.82) is 0 Å². The molecule has 0 aromatic heterocycles. The van der Waals surface area contributed by atoms with Crippen molar-refractivity contribution in [2.75, 3.05) is 21.3 Å². The normalized spacial score (nSPS) is 13.6. The number of hydrogen-bond donors (Lipinski definition) is 0. The van der Waals surface area contributed by atoms with Crippen molar-refractivity contribution in [2.24, 2.45) is 0 Å². The molecule has 0 heterocycles. The number of aryl methyl sites for hydroxylation is 2. The molecule has 2 aromatic carbocycles. The highest BCUT2D eigenvalue weighted by atomic mass is 16.5. The fourth-order valence-electron chi connectivity index (χ4n) is 3.59. The van der Waals surface area contributed by atoms with Gasteiger partial charge in [-0.1, -0.05) is 12.1 Å². The molecular weight excluding hydrogens is 384 g/mol. The lowest BCUT2D eigenvalue weighted by molar-refractivity contribution is -0.140. The highest BCUT2D eigenvalue weighted by Gasteiger charge is 2.21. The van der Waals surface area contributed by atoms with Gasteiger partial charge in [0.2, 0.25) is 11.5 Å². The molecule has 0 amide bonds. The Bertz CT molecular complexity index is 951. The Morgan fingerprint density at radius 3 is 2.23 bits per heavy atom. The van der Waals surface area contributed by atoms with Crippen LogP contribution in [-0.4, -0.2) is 39.2 Å². The average molecular weight is 410 g/mol. The van der Waals surface area contributed by atoms with E-state index >= 15 is 0 Å². The van der Waals surface area contributed by atoms with Crippen molar-refractivity contribution >= 4 is 17.8 Å². The molecule has 0 N–H and O–H groups in total. The molecule has 6 nitrogen and oxygen atoms in total. The van der Waals surface area contributed by atoms with Gasteiger partial charge in [-0.2, -0.15) is 0 Å². The van der Waals surface area contributed by atoms with Gasteiger partial charge in [0.15, 0.2) is 17.6 Å². The third-order valence-electron chi connectivity index (χ3n) is 5.14. The number of ketones is 1. The molecule has 1 atom stereocenters. The fourth-order valence-corrected chi connectivity index (χ4v) is 3.59. The molecule has 158 valence electrons. The number of ether oxygens (including phenoxy) is 4. The monoisotopic (exact) mass is 410 g/mol. The van der Waals surface area contributed by atoms with Crippen LogP contribution in [0.15, 0.2) is 36.4 Å². The molecule has 0 saturated heterocycles. The highest BCUT2D eigenvalue weighted by molar-refractivity contribution is 6.01. The van der Waals surface area contributed by atoms with Crippen molar-refractivity contribution in [2.45, 2.75) is 32.3 Å². The van der Waals surface area contributed by atoms with Crippen molar-refractivity contribution in [3.63, 3.8) is 0 Å². The lowest BCUT2D eigenvalue weighted by atomic mass is 10.0. The summed E-state index contributed by atoms with van der Waals surface area (Å²) in [6.07, 6.45) is 5.12. The zero-order chi connectivity index (χ0) is 21.7. The van der Waals surface area contributed by atoms with Gasteiger partial charge in [-0.3, -0.25) is 4.79 Å². The van der Waals surface area contributed by atoms with E-state index in [1.165, 1.54) is 38.5 Å². The van der Waals surface area contributed by atoms with Crippen molar-refractivity contribution in [1.82, 2.24) is 0 Å². The molecule has 0 aliphatic heterocycles. The number of esters is 1. The number of hydrogen-bond acceptors (Lipinski definition) is 6. The smallest absolute Gasteiger partial charge is 0.331 e. The molecule has 30 heavy (non-hydrogen) atoms. The lowest BCUT2D eigenvalue weighted by Crippen LogP contribution is -2.23. The minimum atomic E-state index is -0.874. The van der Waals surface area contributed by atoms with Crippen LogP contribution in [0.4, 0.5) is 0 Å². The molecule has 0 spiro atoms. The van der Waals surface area contributed by atoms with Crippen molar-refractivity contribution in [3.8, 4) is 17.2 Å². The Morgan fingerprint density at radius 2 is 1.60 bits per heavy atom. The molecule has 6 heteroatoms. The Kier molecular flexibility index (Phi) is 6.77. The van der Waals surface area contributed by atoms with Crippen LogP contribution in [0.25, 0.3) is 6.08 Å². The first-order valence-electron chi connectivity index (χ1n) is 9.81. The Balaban J connectivity index is 1.67. The zero-order valence-electron chi connectivity index (χ0n) is 17.7. The van der Waals surface area contributed by atoms with E-state index in [4.69, 9.17) is 18.9 Å². The van der Waals surface area contributed by atoms with Gasteiger partial charge < -0.3 is 18.9 Å². The predicted octanol–water partition coefficient (Wildman–Crippen LogP) is 4.03. The Hall–Kier alpha value is -3.28. The fraction of sp³-hybridized carbons (Fsp3) is 0.333. The van der Waals surface area contributed by atoms with E-state index in [9.17, 15) is 9.59 Å². The van der Waals surface area contributed by atoms with E-state index in [2.05, 4.69) is 0 Å². The summed E-state index contributed by atoms with van der Waals surface area (Å²) < 4.78 is 21.2. The summed E-state index contributed by atoms with van der Waals surface area (Å²) in [7, 11) is 4.56. The van der Waals surface area contributed by atoms with Gasteiger partial charge in [0, 0.05) is 11.6 Å². The summed E-state index contributed by atoms with van der Waals surface area (Å²) in [6.45, 7) is 1.58. The van der Waals surface area contributed by atoms with E-state index in [1.54, 1.807) is 25.1 Å². The minimum absolute atomic E-state index is 0.209. The average Bonchev–Trinajstić information content (AvgIpc) is 3.24. The maximum atomic E-state index is 12.6. The van der Waals surface area contributed by atoms with Crippen LogP contribution in [0.5, 0.6) is 17.2 Å². The predicted molar refractivity (Wildman–Crippen MR) is 113 cm³/mol. The SMILES string of the molecule is COc1cc(/C=C/C(=O)OC(C)C(=O)c2ccc3c(c2)CCC3)cc(OC)c1OC. The van der Waals surface area contributed by atoms with Gasteiger partial charge in [0.25, 0.3) is 0 Å². The highest BCUT2D eigenvalue weighted by Crippen LogP contribution is 2.38. The molecular formula is C24H26O6. The van der Waals surface area contributed by atoms with Crippen LogP contribution in [0.3, 0.4) is 0 Å². The first-order chi connectivity index (χ1) is 14.5. The molecule has 2 aromatic rings. The number of fused-ring (bicyclic) bond motifs is 1. The molecule has 1 aliphatic carbocycles. The standard InChI is InChI=1S/C24H26O6/c1-15(23(26)19-10-9-17-6-5-7-18(17)14-19)30-22(25)11-8-16-12-20(27-2)24(29-4)21(13-16)28-3/h8-15H,5-7H2,1-4H3/b11-8+. The van der Waals surface area contributed by atoms with Crippen LogP contribution in [-0.2, 0) is 22.4 Å². The van der Waals surface area contributed by atoms with Gasteiger partial charge in [-0.25, -0.2) is 4.79 Å². The summed E-state index contributed by atoms with van der Waals surface area (Å²) in [6, 6.07) is 9.15. The molecule has 1 aliphatic rings. The van der Waals surface area contributed by atoms with Crippen molar-refractivity contribution < 1.29 is 28.5 Å². The number of carbonyl (C=O) groups excluding carboxylic acids is 2. The maximum Gasteiger partial charge on any atom is 0.331 e. The zero-order valence-corrected chi connectivity index (χ0v) is 17.7. The summed E-state index contributed by atoms with van der Waals surface area (Å²) in [5, 5.41) is 0. The lowest BCUT2D eigenvalue weighted by Gasteiger charge is -2.13. The number of rotatable bonds is 8. The van der Waals surface area contributed by atoms with Gasteiger partial charge in [0.05, 0.1) is 21.3 Å². The van der Waals surface area contributed by atoms with Crippen molar-refractivity contribution in [3.05, 3.63) is 58.7 Å². The van der Waals surface area contributed by atoms with Crippen LogP contribution in [0.2, 0.25) is 0 Å². The molecule has 1 unspecified atom stereocenters. The topological polar surface area (TPSA) is 71.1 Å². The van der Waals surface area contributed by atoms with Crippen LogP contribution < -0.4 is 14.2 Å². The molecule has 0 saturated carbocycles. The van der Waals surface area contributed by atoms with Gasteiger partial charge in [0.1, 0.15) is 0 Å².